The molecule has 0 saturated heterocycles. The molecular formula is C18H19FN4O3S. The van der Waals surface area contributed by atoms with E-state index in [0.29, 0.717) is 26.4 Å². The molecule has 142 valence electrons. The fraction of sp³-hybridized carbons (Fsp3) is 0.333. The van der Waals surface area contributed by atoms with Gasteiger partial charge in [0.1, 0.15) is 18.1 Å². The van der Waals surface area contributed by atoms with Crippen molar-refractivity contribution in [1.82, 2.24) is 14.3 Å². The number of hydrogen-bond donors (Lipinski definition) is 0. The molecule has 0 fully saturated rings. The van der Waals surface area contributed by atoms with Gasteiger partial charge in [0.2, 0.25) is 0 Å². The molecule has 0 aliphatic heterocycles. The summed E-state index contributed by atoms with van der Waals surface area (Å²) in [7, 11) is 1.28. The lowest BCUT2D eigenvalue weighted by Crippen LogP contribution is -2.23. The Morgan fingerprint density at radius 2 is 2.07 bits per heavy atom. The van der Waals surface area contributed by atoms with Gasteiger partial charge >= 0.3 is 5.97 Å². The normalized spacial score (nSPS) is 12.1. The number of fused-ring (bicyclic) bond motifs is 1. The molecule has 1 aromatic carbocycles. The number of amides is 1. The molecule has 2 heterocycles. The number of ether oxygens (including phenoxy) is 1. The molecule has 0 N–H and O–H groups in total. The van der Waals surface area contributed by atoms with E-state index in [1.54, 1.807) is 28.3 Å². The predicted molar refractivity (Wildman–Crippen MR) is 99.0 cm³/mol. The second-order valence-electron chi connectivity index (χ2n) is 6.29. The van der Waals surface area contributed by atoms with Crippen molar-refractivity contribution >= 4 is 33.4 Å². The molecule has 0 radical (unpaired) electrons. The second kappa shape index (κ2) is 7.43. The number of esters is 1. The molecule has 0 aliphatic carbocycles. The van der Waals surface area contributed by atoms with Gasteiger partial charge in [-0.25, -0.2) is 4.39 Å². The van der Waals surface area contributed by atoms with Gasteiger partial charge in [0.15, 0.2) is 4.80 Å². The molecule has 7 nitrogen and oxygen atoms in total. The number of benzene rings is 1. The molecule has 0 atom stereocenters. The highest BCUT2D eigenvalue weighted by molar-refractivity contribution is 7.16. The number of carbonyl (C=O) groups is 2. The number of aryl methyl sites for hydroxylation is 1. The number of nitrogens with zero attached hydrogens (tertiary/aromatic N) is 4. The lowest BCUT2D eigenvalue weighted by molar-refractivity contribution is -0.141. The first-order valence-corrected chi connectivity index (χ1v) is 9.12. The Morgan fingerprint density at radius 3 is 2.74 bits per heavy atom. The van der Waals surface area contributed by atoms with Crippen LogP contribution in [0.4, 0.5) is 4.39 Å². The molecule has 0 spiro atoms. The lowest BCUT2D eigenvalue weighted by Gasteiger charge is -2.08. The van der Waals surface area contributed by atoms with E-state index in [9.17, 15) is 14.0 Å². The van der Waals surface area contributed by atoms with Crippen molar-refractivity contribution in [1.29, 1.82) is 0 Å². The van der Waals surface area contributed by atoms with Gasteiger partial charge in [0.05, 0.1) is 23.0 Å². The van der Waals surface area contributed by atoms with E-state index in [2.05, 4.69) is 10.1 Å². The summed E-state index contributed by atoms with van der Waals surface area (Å²) in [6.07, 6.45) is 0. The molecule has 0 bridgehead atoms. The van der Waals surface area contributed by atoms with E-state index < -0.39 is 17.7 Å². The van der Waals surface area contributed by atoms with Crippen LogP contribution in [-0.4, -0.2) is 33.3 Å². The number of hydrogen-bond acceptors (Lipinski definition) is 5. The van der Waals surface area contributed by atoms with Gasteiger partial charge in [-0.1, -0.05) is 11.3 Å². The number of rotatable bonds is 4. The van der Waals surface area contributed by atoms with E-state index in [1.807, 2.05) is 13.8 Å². The Bertz CT molecular complexity index is 1090. The summed E-state index contributed by atoms with van der Waals surface area (Å²) in [6.45, 7) is 5.51. The summed E-state index contributed by atoms with van der Waals surface area (Å²) < 4.78 is 22.0. The van der Waals surface area contributed by atoms with Gasteiger partial charge in [-0.2, -0.15) is 10.1 Å². The van der Waals surface area contributed by atoms with Crippen molar-refractivity contribution in [2.45, 2.75) is 33.4 Å². The third kappa shape index (κ3) is 3.82. The molecular weight excluding hydrogens is 371 g/mol. The van der Waals surface area contributed by atoms with Gasteiger partial charge in [-0.05, 0) is 45.0 Å². The fourth-order valence-corrected chi connectivity index (χ4v) is 3.75. The van der Waals surface area contributed by atoms with E-state index in [-0.39, 0.29) is 12.6 Å². The van der Waals surface area contributed by atoms with Crippen molar-refractivity contribution in [3.8, 4) is 0 Å². The standard InChI is InChI=1S/C18H19FN4O3S/c1-10(2)23-14(7-11(3)21-23)17(25)20-18-22(9-16(24)26-4)13-6-5-12(19)8-15(13)27-18/h5-8,10H,9H2,1-4H3. The highest BCUT2D eigenvalue weighted by Crippen LogP contribution is 2.19. The van der Waals surface area contributed by atoms with Crippen molar-refractivity contribution in [3.05, 3.63) is 46.3 Å². The van der Waals surface area contributed by atoms with Crippen molar-refractivity contribution in [2.24, 2.45) is 4.99 Å². The summed E-state index contributed by atoms with van der Waals surface area (Å²) in [6, 6.07) is 5.86. The highest BCUT2D eigenvalue weighted by atomic mass is 32.1. The summed E-state index contributed by atoms with van der Waals surface area (Å²) in [5.41, 5.74) is 1.67. The van der Waals surface area contributed by atoms with Crippen LogP contribution >= 0.6 is 11.3 Å². The third-order valence-corrected chi connectivity index (χ3v) is 4.96. The molecule has 0 unspecified atom stereocenters. The molecule has 0 aliphatic rings. The van der Waals surface area contributed by atoms with Gasteiger partial charge < -0.3 is 9.30 Å². The van der Waals surface area contributed by atoms with E-state index in [0.717, 1.165) is 11.3 Å². The summed E-state index contributed by atoms with van der Waals surface area (Å²) in [4.78, 5) is 29.1. The van der Waals surface area contributed by atoms with Crippen LogP contribution in [0.5, 0.6) is 0 Å². The number of thiazole rings is 1. The summed E-state index contributed by atoms with van der Waals surface area (Å²) in [5.74, 6) is -1.37. The zero-order valence-corrected chi connectivity index (χ0v) is 16.2. The maximum absolute atomic E-state index is 13.6. The highest BCUT2D eigenvalue weighted by Gasteiger charge is 2.17. The SMILES string of the molecule is COC(=O)Cn1c(=NC(=O)c2cc(C)nn2C(C)C)sc2cc(F)ccc21. The molecule has 1 amide bonds. The van der Waals surface area contributed by atoms with Crippen molar-refractivity contribution in [3.63, 3.8) is 0 Å². The Hall–Kier alpha value is -2.81. The zero-order chi connectivity index (χ0) is 19.7. The average molecular weight is 390 g/mol. The minimum atomic E-state index is -0.490. The van der Waals surface area contributed by atoms with Crippen LogP contribution in [0.25, 0.3) is 10.2 Å². The van der Waals surface area contributed by atoms with Crippen molar-refractivity contribution < 1.29 is 18.7 Å². The molecule has 3 aromatic rings. The Balaban J connectivity index is 2.16. The number of aromatic nitrogens is 3. The fourth-order valence-electron chi connectivity index (χ4n) is 2.69. The van der Waals surface area contributed by atoms with Gasteiger partial charge in [-0.3, -0.25) is 14.3 Å². The largest absolute Gasteiger partial charge is 0.468 e. The minimum absolute atomic E-state index is 0.00783. The van der Waals surface area contributed by atoms with Crippen LogP contribution < -0.4 is 4.80 Å². The first-order valence-electron chi connectivity index (χ1n) is 8.31. The van der Waals surface area contributed by atoms with Crippen LogP contribution in [0.2, 0.25) is 0 Å². The molecule has 2 aromatic heterocycles. The van der Waals surface area contributed by atoms with Crippen LogP contribution in [0.1, 0.15) is 36.1 Å². The van der Waals surface area contributed by atoms with Gasteiger partial charge in [0.25, 0.3) is 5.91 Å². The zero-order valence-electron chi connectivity index (χ0n) is 15.4. The topological polar surface area (TPSA) is 78.5 Å². The monoisotopic (exact) mass is 390 g/mol. The third-order valence-electron chi connectivity index (χ3n) is 3.92. The first kappa shape index (κ1) is 19.0. The summed E-state index contributed by atoms with van der Waals surface area (Å²) in [5, 5.41) is 4.32. The molecule has 9 heteroatoms. The number of carbonyl (C=O) groups excluding carboxylic acids is 2. The van der Waals surface area contributed by atoms with Crippen LogP contribution in [0.3, 0.4) is 0 Å². The van der Waals surface area contributed by atoms with Crippen LogP contribution in [0.15, 0.2) is 29.3 Å². The quantitative estimate of drug-likeness (QED) is 0.642. The van der Waals surface area contributed by atoms with Crippen LogP contribution in [-0.2, 0) is 16.1 Å². The van der Waals surface area contributed by atoms with E-state index in [1.165, 1.54) is 19.2 Å². The molecule has 0 saturated carbocycles. The maximum Gasteiger partial charge on any atom is 0.325 e. The Labute approximate surface area is 158 Å². The summed E-state index contributed by atoms with van der Waals surface area (Å²) >= 11 is 1.13. The molecule has 3 rings (SSSR count). The predicted octanol–water partition coefficient (Wildman–Crippen LogP) is 2.84. The average Bonchev–Trinajstić information content (AvgIpc) is 3.15. The van der Waals surface area contributed by atoms with Gasteiger partial charge in [0, 0.05) is 6.04 Å². The Kier molecular flexibility index (Phi) is 5.22. The second-order valence-corrected chi connectivity index (χ2v) is 7.29. The Morgan fingerprint density at radius 1 is 1.33 bits per heavy atom. The lowest BCUT2D eigenvalue weighted by atomic mass is 10.3. The van der Waals surface area contributed by atoms with E-state index >= 15 is 0 Å². The number of halogens is 1. The smallest absolute Gasteiger partial charge is 0.325 e. The first-order chi connectivity index (χ1) is 12.8. The van der Waals surface area contributed by atoms with Crippen molar-refractivity contribution in [2.75, 3.05) is 7.11 Å². The minimum Gasteiger partial charge on any atom is -0.468 e. The van der Waals surface area contributed by atoms with E-state index in [4.69, 9.17) is 4.74 Å². The number of methoxy groups -OCH3 is 1. The van der Waals surface area contributed by atoms with Crippen LogP contribution in [0, 0.1) is 12.7 Å². The van der Waals surface area contributed by atoms with Gasteiger partial charge in [-0.15, -0.1) is 0 Å². The molecule has 27 heavy (non-hydrogen) atoms. The maximum atomic E-state index is 13.6.